The van der Waals surface area contributed by atoms with E-state index in [-0.39, 0.29) is 0 Å². The number of amides is 4. The summed E-state index contributed by atoms with van der Waals surface area (Å²) >= 11 is 0. The Labute approximate surface area is 165 Å². The van der Waals surface area contributed by atoms with Crippen molar-refractivity contribution in [2.24, 2.45) is 5.73 Å². The van der Waals surface area contributed by atoms with Gasteiger partial charge in [0.1, 0.15) is 18.1 Å². The molecule has 0 aromatic rings. The lowest BCUT2D eigenvalue weighted by atomic mass is 10.1. The molecule has 0 aromatic heterocycles. The molecule has 0 radical (unpaired) electrons. The molecule has 0 aliphatic carbocycles. The molecular formula is C16H25N5O8. The molecule has 1 rings (SSSR count). The Morgan fingerprint density at radius 1 is 1.00 bits per heavy atom. The third kappa shape index (κ3) is 8.13. The number of carbonyl (C=O) groups is 6. The Morgan fingerprint density at radius 2 is 1.66 bits per heavy atom. The molecule has 0 aromatic carbocycles. The van der Waals surface area contributed by atoms with Crippen LogP contribution in [0.4, 0.5) is 0 Å². The maximum absolute atomic E-state index is 12.4. The fourth-order valence-electron chi connectivity index (χ4n) is 2.64. The zero-order valence-electron chi connectivity index (χ0n) is 15.8. The maximum atomic E-state index is 12.4. The number of hydrogen-bond donors (Lipinski definition) is 7. The first-order valence-corrected chi connectivity index (χ1v) is 8.88. The van der Waals surface area contributed by atoms with E-state index in [0.717, 1.165) is 6.42 Å². The van der Waals surface area contributed by atoms with Gasteiger partial charge in [0, 0.05) is 0 Å². The molecule has 4 unspecified atom stereocenters. The van der Waals surface area contributed by atoms with Crippen molar-refractivity contribution < 1.29 is 39.0 Å². The number of carboxylic acid groups (broad SMARTS) is 2. The van der Waals surface area contributed by atoms with Crippen LogP contribution in [0.25, 0.3) is 0 Å². The minimum absolute atomic E-state index is 0.492. The molecular weight excluding hydrogens is 390 g/mol. The largest absolute Gasteiger partial charge is 0.481 e. The van der Waals surface area contributed by atoms with Crippen LogP contribution in [0.1, 0.15) is 32.6 Å². The quantitative estimate of drug-likeness (QED) is 0.179. The molecule has 13 heteroatoms. The molecule has 1 aliphatic rings. The van der Waals surface area contributed by atoms with E-state index in [4.69, 9.17) is 15.9 Å². The Hall–Kier alpha value is -3.22. The second kappa shape index (κ2) is 10.9. The highest BCUT2D eigenvalue weighted by atomic mass is 16.4. The molecule has 1 heterocycles. The van der Waals surface area contributed by atoms with Crippen molar-refractivity contribution in [3.63, 3.8) is 0 Å². The Morgan fingerprint density at radius 3 is 2.14 bits per heavy atom. The first-order valence-electron chi connectivity index (χ1n) is 8.88. The van der Waals surface area contributed by atoms with E-state index in [2.05, 4.69) is 16.0 Å². The van der Waals surface area contributed by atoms with Crippen LogP contribution in [0, 0.1) is 0 Å². The summed E-state index contributed by atoms with van der Waals surface area (Å²) in [4.78, 5) is 69.6. The van der Waals surface area contributed by atoms with Crippen molar-refractivity contribution >= 4 is 35.6 Å². The second-order valence-corrected chi connectivity index (χ2v) is 6.61. The lowest BCUT2D eigenvalue weighted by Crippen LogP contribution is -2.57. The zero-order chi connectivity index (χ0) is 22.1. The summed E-state index contributed by atoms with van der Waals surface area (Å²) in [5, 5.41) is 27.2. The standard InChI is InChI=1S/C16H25N5O8/c1-7(13(25)21-10(16(28)29)6-12(23)24)19-15(27)9(5-11(17)22)20-14(26)8-3-2-4-18-8/h7-10,18H,2-6H2,1H3,(H2,17,22)(H,19,27)(H,20,26)(H,21,25)(H,23,24)(H,28,29). The van der Waals surface area contributed by atoms with Crippen LogP contribution in [0.3, 0.4) is 0 Å². The summed E-state index contributed by atoms with van der Waals surface area (Å²) in [5.41, 5.74) is 5.11. The number of primary amides is 1. The minimum atomic E-state index is -1.69. The highest BCUT2D eigenvalue weighted by Crippen LogP contribution is 2.06. The lowest BCUT2D eigenvalue weighted by molar-refractivity contribution is -0.147. The van der Waals surface area contributed by atoms with Gasteiger partial charge >= 0.3 is 11.9 Å². The Bertz CT molecular complexity index is 676. The number of carboxylic acids is 2. The molecule has 162 valence electrons. The fourth-order valence-corrected chi connectivity index (χ4v) is 2.64. The third-order valence-corrected chi connectivity index (χ3v) is 4.16. The summed E-state index contributed by atoms with van der Waals surface area (Å²) in [6.07, 6.45) is -0.00927. The molecule has 8 N–H and O–H groups in total. The van der Waals surface area contributed by atoms with Crippen molar-refractivity contribution in [1.29, 1.82) is 0 Å². The Balaban J connectivity index is 2.71. The van der Waals surface area contributed by atoms with E-state index in [0.29, 0.717) is 13.0 Å². The number of nitrogens with two attached hydrogens (primary N) is 1. The summed E-state index contributed by atoms with van der Waals surface area (Å²) in [6, 6.07) is -4.79. The van der Waals surface area contributed by atoms with Gasteiger partial charge in [-0.25, -0.2) is 4.79 Å². The second-order valence-electron chi connectivity index (χ2n) is 6.61. The zero-order valence-corrected chi connectivity index (χ0v) is 15.8. The van der Waals surface area contributed by atoms with Crippen molar-refractivity contribution in [3.8, 4) is 0 Å². The van der Waals surface area contributed by atoms with Gasteiger partial charge in [0.2, 0.25) is 23.6 Å². The van der Waals surface area contributed by atoms with Crippen LogP contribution in [-0.2, 0) is 28.8 Å². The first-order chi connectivity index (χ1) is 13.5. The molecule has 0 bridgehead atoms. The molecule has 0 saturated carbocycles. The van der Waals surface area contributed by atoms with Crippen LogP contribution in [-0.4, -0.2) is 76.5 Å². The van der Waals surface area contributed by atoms with Crippen molar-refractivity contribution in [2.75, 3.05) is 6.54 Å². The van der Waals surface area contributed by atoms with Crippen LogP contribution in [0.2, 0.25) is 0 Å². The number of carbonyl (C=O) groups excluding carboxylic acids is 4. The van der Waals surface area contributed by atoms with Gasteiger partial charge in [-0.3, -0.25) is 24.0 Å². The normalized spacial score (nSPS) is 18.7. The van der Waals surface area contributed by atoms with E-state index in [1.165, 1.54) is 6.92 Å². The third-order valence-electron chi connectivity index (χ3n) is 4.16. The van der Waals surface area contributed by atoms with Gasteiger partial charge in [-0.1, -0.05) is 0 Å². The fraction of sp³-hybridized carbons (Fsp3) is 0.625. The van der Waals surface area contributed by atoms with Crippen LogP contribution < -0.4 is 27.0 Å². The SMILES string of the molecule is CC(NC(=O)C(CC(N)=O)NC(=O)C1CCCN1)C(=O)NC(CC(=O)O)C(=O)O. The predicted octanol–water partition coefficient (Wildman–Crippen LogP) is -3.35. The first kappa shape index (κ1) is 23.8. The highest BCUT2D eigenvalue weighted by Gasteiger charge is 2.31. The van der Waals surface area contributed by atoms with Gasteiger partial charge < -0.3 is 37.2 Å². The van der Waals surface area contributed by atoms with E-state index >= 15 is 0 Å². The highest BCUT2D eigenvalue weighted by molar-refractivity contribution is 5.96. The lowest BCUT2D eigenvalue weighted by Gasteiger charge is -2.22. The van der Waals surface area contributed by atoms with E-state index < -0.39 is 72.6 Å². The minimum Gasteiger partial charge on any atom is -0.481 e. The molecule has 4 amide bonds. The summed E-state index contributed by atoms with van der Waals surface area (Å²) in [6.45, 7) is 1.87. The monoisotopic (exact) mass is 415 g/mol. The number of nitrogens with one attached hydrogen (secondary N) is 4. The summed E-state index contributed by atoms with van der Waals surface area (Å²) < 4.78 is 0. The maximum Gasteiger partial charge on any atom is 0.326 e. The number of aliphatic carboxylic acids is 2. The average molecular weight is 415 g/mol. The average Bonchev–Trinajstić information content (AvgIpc) is 3.14. The van der Waals surface area contributed by atoms with Gasteiger partial charge in [-0.05, 0) is 26.3 Å². The van der Waals surface area contributed by atoms with Gasteiger partial charge in [0.15, 0.2) is 0 Å². The predicted molar refractivity (Wildman–Crippen MR) is 96.2 cm³/mol. The van der Waals surface area contributed by atoms with Crippen LogP contribution in [0.15, 0.2) is 0 Å². The smallest absolute Gasteiger partial charge is 0.326 e. The topological polar surface area (TPSA) is 217 Å². The van der Waals surface area contributed by atoms with Crippen LogP contribution in [0.5, 0.6) is 0 Å². The molecule has 0 spiro atoms. The molecule has 1 aliphatic heterocycles. The number of rotatable bonds is 11. The summed E-state index contributed by atoms with van der Waals surface area (Å²) in [5.74, 6) is -6.15. The molecule has 1 saturated heterocycles. The van der Waals surface area contributed by atoms with Gasteiger partial charge in [-0.15, -0.1) is 0 Å². The molecule has 29 heavy (non-hydrogen) atoms. The summed E-state index contributed by atoms with van der Waals surface area (Å²) in [7, 11) is 0. The van der Waals surface area contributed by atoms with E-state index in [9.17, 15) is 28.8 Å². The van der Waals surface area contributed by atoms with Gasteiger partial charge in [0.25, 0.3) is 0 Å². The van der Waals surface area contributed by atoms with E-state index in [1.807, 2.05) is 5.32 Å². The van der Waals surface area contributed by atoms with Crippen molar-refractivity contribution in [3.05, 3.63) is 0 Å². The molecule has 13 nitrogen and oxygen atoms in total. The van der Waals surface area contributed by atoms with Gasteiger partial charge in [-0.2, -0.15) is 0 Å². The molecule has 4 atom stereocenters. The number of hydrogen-bond acceptors (Lipinski definition) is 7. The van der Waals surface area contributed by atoms with E-state index in [1.54, 1.807) is 0 Å². The molecule has 1 fully saturated rings. The van der Waals surface area contributed by atoms with Crippen molar-refractivity contribution in [1.82, 2.24) is 21.3 Å². The Kier molecular flexibility index (Phi) is 8.99. The van der Waals surface area contributed by atoms with Crippen molar-refractivity contribution in [2.45, 2.75) is 56.8 Å². The van der Waals surface area contributed by atoms with Crippen LogP contribution >= 0.6 is 0 Å². The van der Waals surface area contributed by atoms with Gasteiger partial charge in [0.05, 0.1) is 18.9 Å².